The maximum absolute atomic E-state index is 12.2. The second-order valence-corrected chi connectivity index (χ2v) is 8.07. The van der Waals surface area contributed by atoms with Crippen LogP contribution in [-0.2, 0) is 14.8 Å². The van der Waals surface area contributed by atoms with E-state index >= 15 is 0 Å². The first-order chi connectivity index (χ1) is 11.9. The average Bonchev–Trinajstić information content (AvgIpc) is 2.91. The van der Waals surface area contributed by atoms with Gasteiger partial charge in [-0.3, -0.25) is 4.79 Å². The topological polar surface area (TPSA) is 126 Å². The molecular weight excluding hydrogens is 384 g/mol. The number of thioether (sulfide) groups is 1. The smallest absolute Gasteiger partial charge is 0.264 e. The van der Waals surface area contributed by atoms with Gasteiger partial charge in [0.1, 0.15) is 4.32 Å². The van der Waals surface area contributed by atoms with Crippen LogP contribution < -0.4 is 10.0 Å². The van der Waals surface area contributed by atoms with E-state index in [9.17, 15) is 13.2 Å². The first-order valence-electron chi connectivity index (χ1n) is 6.76. The SMILES string of the molecule is O=C1NC(=S)S[C@@H]1N=Nc1ccc(S(=O)(=O)Nc2ncccn2)cc1. The molecule has 0 spiro atoms. The summed E-state index contributed by atoms with van der Waals surface area (Å²) in [4.78, 5) is 19.1. The minimum absolute atomic E-state index is 0.0214. The summed E-state index contributed by atoms with van der Waals surface area (Å²) < 4.78 is 27.1. The molecule has 0 unspecified atom stereocenters. The third-order valence-corrected chi connectivity index (χ3v) is 5.47. The van der Waals surface area contributed by atoms with E-state index in [-0.39, 0.29) is 16.8 Å². The van der Waals surface area contributed by atoms with Crippen molar-refractivity contribution in [2.75, 3.05) is 4.72 Å². The third kappa shape index (κ3) is 4.35. The maximum atomic E-state index is 12.2. The van der Waals surface area contributed by atoms with E-state index in [2.05, 4.69) is 30.2 Å². The summed E-state index contributed by atoms with van der Waals surface area (Å²) in [7, 11) is -3.81. The normalized spacial score (nSPS) is 17.7. The Labute approximate surface area is 152 Å². The highest BCUT2D eigenvalue weighted by Gasteiger charge is 2.28. The molecule has 1 atom stereocenters. The van der Waals surface area contributed by atoms with Crippen molar-refractivity contribution < 1.29 is 13.2 Å². The number of nitrogens with one attached hydrogen (secondary N) is 2. The molecule has 2 heterocycles. The molecule has 1 aliphatic rings. The molecule has 25 heavy (non-hydrogen) atoms. The second kappa shape index (κ2) is 7.21. The molecule has 9 nitrogen and oxygen atoms in total. The van der Waals surface area contributed by atoms with Crippen molar-refractivity contribution in [2.45, 2.75) is 10.3 Å². The van der Waals surface area contributed by atoms with Crippen LogP contribution in [0.1, 0.15) is 0 Å². The number of hydrogen-bond donors (Lipinski definition) is 2. The Hall–Kier alpha value is -2.44. The van der Waals surface area contributed by atoms with Gasteiger partial charge in [-0.15, -0.1) is 0 Å². The first kappa shape index (κ1) is 17.4. The molecule has 3 rings (SSSR count). The third-order valence-electron chi connectivity index (χ3n) is 2.88. The number of rotatable bonds is 5. The Kier molecular flexibility index (Phi) is 5.01. The van der Waals surface area contributed by atoms with Gasteiger partial charge in [-0.1, -0.05) is 24.0 Å². The summed E-state index contributed by atoms with van der Waals surface area (Å²) in [5.74, 6) is -0.350. The molecule has 0 saturated carbocycles. The summed E-state index contributed by atoms with van der Waals surface area (Å²) in [5.41, 5.74) is 0.404. The van der Waals surface area contributed by atoms with Gasteiger partial charge < -0.3 is 5.32 Å². The summed E-state index contributed by atoms with van der Waals surface area (Å²) in [6.07, 6.45) is 2.86. The summed E-state index contributed by atoms with van der Waals surface area (Å²) >= 11 is 5.95. The maximum Gasteiger partial charge on any atom is 0.264 e. The van der Waals surface area contributed by atoms with Crippen molar-refractivity contribution in [3.8, 4) is 0 Å². The molecule has 1 saturated heterocycles. The fourth-order valence-electron chi connectivity index (χ4n) is 1.76. The largest absolute Gasteiger partial charge is 0.309 e. The van der Waals surface area contributed by atoms with Gasteiger partial charge in [-0.05, 0) is 30.3 Å². The van der Waals surface area contributed by atoms with Crippen LogP contribution in [0.3, 0.4) is 0 Å². The zero-order valence-electron chi connectivity index (χ0n) is 12.4. The van der Waals surface area contributed by atoms with Crippen LogP contribution in [0.2, 0.25) is 0 Å². The Morgan fingerprint density at radius 3 is 2.48 bits per heavy atom. The molecule has 1 fully saturated rings. The van der Waals surface area contributed by atoms with E-state index in [1.54, 1.807) is 6.07 Å². The van der Waals surface area contributed by atoms with Crippen LogP contribution in [0, 0.1) is 0 Å². The fourth-order valence-corrected chi connectivity index (χ4v) is 3.72. The van der Waals surface area contributed by atoms with Gasteiger partial charge in [0.2, 0.25) is 11.3 Å². The number of benzene rings is 1. The molecule has 1 amide bonds. The van der Waals surface area contributed by atoms with E-state index in [1.165, 1.54) is 36.7 Å². The standard InChI is InChI=1S/C13H10N6O3S3/c20-10-11(24-13(23)16-10)18-17-8-2-4-9(5-3-8)25(21,22)19-12-14-6-1-7-15-12/h1-7,11H,(H,14,15,19)(H,16,20,23)/t11-/m0/s1. The number of aromatic nitrogens is 2. The lowest BCUT2D eigenvalue weighted by atomic mass is 10.3. The molecular formula is C13H10N6O3S3. The van der Waals surface area contributed by atoms with Crippen molar-refractivity contribution >= 4 is 55.9 Å². The van der Waals surface area contributed by atoms with Gasteiger partial charge in [-0.25, -0.2) is 23.1 Å². The van der Waals surface area contributed by atoms with Gasteiger partial charge in [0.25, 0.3) is 15.9 Å². The number of nitrogens with zero attached hydrogens (tertiary/aromatic N) is 4. The van der Waals surface area contributed by atoms with Gasteiger partial charge >= 0.3 is 0 Å². The summed E-state index contributed by atoms with van der Waals surface area (Å²) in [6, 6.07) is 7.25. The van der Waals surface area contributed by atoms with Gasteiger partial charge in [0.05, 0.1) is 10.6 Å². The number of thiocarbonyl (C=S) groups is 1. The predicted molar refractivity (Wildman–Crippen MR) is 95.9 cm³/mol. The first-order valence-corrected chi connectivity index (χ1v) is 9.53. The molecule has 2 N–H and O–H groups in total. The molecule has 0 aliphatic carbocycles. The average molecular weight is 394 g/mol. The Balaban J connectivity index is 1.71. The van der Waals surface area contributed by atoms with E-state index in [4.69, 9.17) is 12.2 Å². The molecule has 2 aromatic rings. The number of carbonyl (C=O) groups is 1. The summed E-state index contributed by atoms with van der Waals surface area (Å²) in [6.45, 7) is 0. The number of sulfonamides is 1. The quantitative estimate of drug-likeness (QED) is 0.585. The number of hydrogen-bond acceptors (Lipinski definition) is 9. The lowest BCUT2D eigenvalue weighted by Gasteiger charge is -2.06. The molecule has 0 radical (unpaired) electrons. The molecule has 12 heteroatoms. The molecule has 128 valence electrons. The highest BCUT2D eigenvalue weighted by Crippen LogP contribution is 2.24. The zero-order valence-corrected chi connectivity index (χ0v) is 14.8. The molecule has 0 bridgehead atoms. The van der Waals surface area contributed by atoms with Crippen LogP contribution in [-0.4, -0.2) is 34.0 Å². The van der Waals surface area contributed by atoms with Gasteiger partial charge in [-0.2, -0.15) is 10.2 Å². The molecule has 1 aliphatic heterocycles. The number of anilines is 1. The second-order valence-electron chi connectivity index (χ2n) is 4.63. The van der Waals surface area contributed by atoms with Gasteiger partial charge in [0.15, 0.2) is 0 Å². The van der Waals surface area contributed by atoms with E-state index in [0.29, 0.717) is 10.0 Å². The van der Waals surface area contributed by atoms with Crippen LogP contribution in [0.25, 0.3) is 0 Å². The minimum Gasteiger partial charge on any atom is -0.309 e. The Morgan fingerprint density at radius 1 is 1.20 bits per heavy atom. The molecule has 1 aromatic heterocycles. The lowest BCUT2D eigenvalue weighted by Crippen LogP contribution is -2.22. The monoisotopic (exact) mass is 394 g/mol. The summed E-state index contributed by atoms with van der Waals surface area (Å²) in [5, 5.41) is 9.54. The van der Waals surface area contributed by atoms with Gasteiger partial charge in [0, 0.05) is 12.4 Å². The van der Waals surface area contributed by atoms with Crippen molar-refractivity contribution in [3.63, 3.8) is 0 Å². The fraction of sp³-hybridized carbons (Fsp3) is 0.0769. The number of carbonyl (C=O) groups excluding carboxylic acids is 1. The van der Waals surface area contributed by atoms with Crippen molar-refractivity contribution in [2.24, 2.45) is 10.2 Å². The van der Waals surface area contributed by atoms with Crippen LogP contribution >= 0.6 is 24.0 Å². The van der Waals surface area contributed by atoms with Crippen molar-refractivity contribution in [3.05, 3.63) is 42.7 Å². The van der Waals surface area contributed by atoms with Crippen molar-refractivity contribution in [1.82, 2.24) is 15.3 Å². The highest BCUT2D eigenvalue weighted by atomic mass is 32.2. The Bertz CT molecular complexity index is 931. The van der Waals surface area contributed by atoms with Crippen molar-refractivity contribution in [1.29, 1.82) is 0 Å². The minimum atomic E-state index is -3.81. The molecule has 1 aromatic carbocycles. The number of azo groups is 1. The predicted octanol–water partition coefficient (Wildman–Crippen LogP) is 1.84. The van der Waals surface area contributed by atoms with Crippen LogP contribution in [0.4, 0.5) is 11.6 Å². The van der Waals surface area contributed by atoms with Crippen LogP contribution in [0.5, 0.6) is 0 Å². The van der Waals surface area contributed by atoms with Crippen LogP contribution in [0.15, 0.2) is 57.8 Å². The lowest BCUT2D eigenvalue weighted by molar-refractivity contribution is -0.118. The zero-order chi connectivity index (χ0) is 17.9. The highest BCUT2D eigenvalue weighted by molar-refractivity contribution is 8.24. The number of amides is 1. The van der Waals surface area contributed by atoms with E-state index in [0.717, 1.165) is 11.8 Å². The van der Waals surface area contributed by atoms with E-state index in [1.807, 2.05) is 0 Å². The van der Waals surface area contributed by atoms with E-state index < -0.39 is 15.4 Å². The Morgan fingerprint density at radius 2 is 1.88 bits per heavy atom.